The van der Waals surface area contributed by atoms with Crippen LogP contribution < -0.4 is 0 Å². The van der Waals surface area contributed by atoms with E-state index in [1.54, 1.807) is 0 Å². The molecule has 0 bridgehead atoms. The maximum absolute atomic E-state index is 2.41. The van der Waals surface area contributed by atoms with Gasteiger partial charge < -0.3 is 4.57 Å². The van der Waals surface area contributed by atoms with Crippen molar-refractivity contribution in [1.82, 2.24) is 4.57 Å². The summed E-state index contributed by atoms with van der Waals surface area (Å²) in [6.45, 7) is 0. The van der Waals surface area contributed by atoms with Gasteiger partial charge in [0.25, 0.3) is 0 Å². The normalized spacial score (nSPS) is 12.2. The Bertz CT molecular complexity index is 2740. The van der Waals surface area contributed by atoms with Gasteiger partial charge in [0.2, 0.25) is 0 Å². The summed E-state index contributed by atoms with van der Waals surface area (Å²) in [5.41, 5.74) is 13.5. The van der Waals surface area contributed by atoms with Crippen molar-refractivity contribution >= 4 is 45.3 Å². The third kappa shape index (κ3) is 5.29. The Hall–Kier alpha value is -5.74. The van der Waals surface area contributed by atoms with Crippen LogP contribution in [0, 0.1) is 0 Å². The topological polar surface area (TPSA) is 4.93 Å². The molecule has 10 rings (SSSR count). The van der Waals surface area contributed by atoms with E-state index in [-0.39, 0.29) is 0 Å². The number of nitrogens with zero attached hydrogens (tertiary/aromatic N) is 1. The second kappa shape index (κ2) is 12.5. The Morgan fingerprint density at radius 2 is 0.765 bits per heavy atom. The summed E-state index contributed by atoms with van der Waals surface area (Å²) < 4.78 is 2.38. The molecule has 3 heteroatoms. The van der Waals surface area contributed by atoms with Gasteiger partial charge in [-0.3, -0.25) is 0 Å². The molecule has 1 aliphatic heterocycles. The highest BCUT2D eigenvalue weighted by Crippen LogP contribution is 2.50. The largest absolute Gasteiger partial charge is 0.309 e. The molecule has 9 aromatic rings. The first-order chi connectivity index (χ1) is 25.3. The van der Waals surface area contributed by atoms with Gasteiger partial charge in [0, 0.05) is 36.0 Å². The first-order valence-electron chi connectivity index (χ1n) is 17.3. The van der Waals surface area contributed by atoms with Crippen LogP contribution in [-0.2, 0) is 0 Å². The van der Waals surface area contributed by atoms with Crippen LogP contribution in [0.15, 0.2) is 208 Å². The summed E-state index contributed by atoms with van der Waals surface area (Å²) in [7, 11) is 0. The summed E-state index contributed by atoms with van der Waals surface area (Å²) in [6.07, 6.45) is 0. The summed E-state index contributed by atoms with van der Waals surface area (Å²) in [6, 6.07) is 68.8. The van der Waals surface area contributed by atoms with Crippen molar-refractivity contribution in [2.75, 3.05) is 0 Å². The average Bonchev–Trinajstić information content (AvgIpc) is 3.53. The zero-order valence-corrected chi connectivity index (χ0v) is 29.3. The van der Waals surface area contributed by atoms with E-state index in [1.165, 1.54) is 91.6 Å². The molecule has 8 aromatic carbocycles. The lowest BCUT2D eigenvalue weighted by Crippen LogP contribution is -1.94. The quantitative estimate of drug-likeness (QED) is 0.182. The lowest BCUT2D eigenvalue weighted by Gasteiger charge is -2.21. The smallest absolute Gasteiger partial charge is 0.0541 e. The first-order valence-corrected chi connectivity index (χ1v) is 18.9. The molecule has 1 nitrogen and oxygen atoms in total. The monoisotopic (exact) mass is 685 g/mol. The molecule has 0 aliphatic carbocycles. The number of fused-ring (bicyclic) bond motifs is 9. The molecule has 1 aliphatic rings. The zero-order valence-electron chi connectivity index (χ0n) is 27.7. The molecular weight excluding hydrogens is 655 g/mol. The Balaban J connectivity index is 1.15. The molecule has 1 aromatic heterocycles. The third-order valence-corrected chi connectivity index (χ3v) is 12.2. The molecule has 0 radical (unpaired) electrons. The molecule has 0 N–H and O–H groups in total. The average molecular weight is 686 g/mol. The highest BCUT2D eigenvalue weighted by atomic mass is 32.2. The molecule has 0 spiro atoms. The van der Waals surface area contributed by atoms with Crippen molar-refractivity contribution in [1.29, 1.82) is 0 Å². The highest BCUT2D eigenvalue weighted by molar-refractivity contribution is 8.00. The lowest BCUT2D eigenvalue weighted by molar-refractivity contribution is 1.18. The van der Waals surface area contributed by atoms with Crippen LogP contribution >= 0.6 is 23.5 Å². The van der Waals surface area contributed by atoms with E-state index in [0.29, 0.717) is 0 Å². The molecule has 0 atom stereocenters. The van der Waals surface area contributed by atoms with Gasteiger partial charge in [0.1, 0.15) is 0 Å². The van der Waals surface area contributed by atoms with Crippen LogP contribution in [0.25, 0.3) is 72.0 Å². The molecular formula is C48H31NS2. The van der Waals surface area contributed by atoms with Crippen LogP contribution in [-0.4, -0.2) is 4.57 Å². The van der Waals surface area contributed by atoms with Gasteiger partial charge in [-0.25, -0.2) is 0 Å². The summed E-state index contributed by atoms with van der Waals surface area (Å²) in [5.74, 6) is 0. The molecule has 0 fully saturated rings. The van der Waals surface area contributed by atoms with Crippen LogP contribution in [0.1, 0.15) is 0 Å². The molecule has 51 heavy (non-hydrogen) atoms. The maximum atomic E-state index is 2.41. The van der Waals surface area contributed by atoms with Gasteiger partial charge in [-0.2, -0.15) is 0 Å². The maximum Gasteiger partial charge on any atom is 0.0541 e. The third-order valence-electron chi connectivity index (χ3n) is 9.88. The molecule has 0 saturated heterocycles. The fraction of sp³-hybridized carbons (Fsp3) is 0. The first kappa shape index (κ1) is 30.1. The Morgan fingerprint density at radius 1 is 0.294 bits per heavy atom. The second-order valence-electron chi connectivity index (χ2n) is 12.9. The van der Waals surface area contributed by atoms with E-state index in [4.69, 9.17) is 0 Å². The van der Waals surface area contributed by atoms with Crippen molar-refractivity contribution in [2.24, 2.45) is 0 Å². The second-order valence-corrected chi connectivity index (χ2v) is 15.1. The molecule has 0 unspecified atom stereocenters. The van der Waals surface area contributed by atoms with Crippen molar-refractivity contribution in [3.05, 3.63) is 188 Å². The van der Waals surface area contributed by atoms with E-state index >= 15 is 0 Å². The zero-order chi connectivity index (χ0) is 33.7. The van der Waals surface area contributed by atoms with E-state index in [2.05, 4.69) is 193 Å². The Labute approximate surface area is 306 Å². The summed E-state index contributed by atoms with van der Waals surface area (Å²) in [5, 5.41) is 2.52. The standard InChI is InChI=1S/C48H31NS2/c1-3-13-32(14-4-1)33-24-27-47-41(30-33)38-18-8-11-21-45(38)50-46-22-12-9-19-39(46)42-31-35(25-28-48(42)51-47)34-23-26-44-40(29-34)37-17-7-10-20-43(37)49(44)36-15-5-2-6-16-36/h1-31H. The van der Waals surface area contributed by atoms with Crippen LogP contribution in [0.3, 0.4) is 0 Å². The van der Waals surface area contributed by atoms with E-state index in [1.807, 2.05) is 23.5 Å². The van der Waals surface area contributed by atoms with Crippen molar-refractivity contribution in [3.63, 3.8) is 0 Å². The fourth-order valence-electron chi connectivity index (χ4n) is 7.45. The number of aromatic nitrogens is 1. The fourth-order valence-corrected chi connectivity index (χ4v) is 9.62. The highest BCUT2D eigenvalue weighted by Gasteiger charge is 2.21. The molecule has 0 saturated carbocycles. The predicted molar refractivity (Wildman–Crippen MR) is 217 cm³/mol. The van der Waals surface area contributed by atoms with Gasteiger partial charge in [-0.15, -0.1) is 0 Å². The van der Waals surface area contributed by atoms with E-state index in [0.717, 1.165) is 0 Å². The minimum Gasteiger partial charge on any atom is -0.309 e. The number of rotatable bonds is 3. The minimum absolute atomic E-state index is 1.17. The lowest BCUT2D eigenvalue weighted by atomic mass is 9.97. The van der Waals surface area contributed by atoms with Crippen LogP contribution in [0.2, 0.25) is 0 Å². The van der Waals surface area contributed by atoms with Crippen molar-refractivity contribution < 1.29 is 0 Å². The Kier molecular flexibility index (Phi) is 7.41. The van der Waals surface area contributed by atoms with Crippen molar-refractivity contribution in [3.8, 4) is 50.2 Å². The molecule has 0 amide bonds. The van der Waals surface area contributed by atoms with Gasteiger partial charge in [0.15, 0.2) is 0 Å². The van der Waals surface area contributed by atoms with Gasteiger partial charge in [0.05, 0.1) is 11.0 Å². The van der Waals surface area contributed by atoms with Gasteiger partial charge in [-0.1, -0.05) is 145 Å². The number of hydrogen-bond donors (Lipinski definition) is 0. The van der Waals surface area contributed by atoms with E-state index < -0.39 is 0 Å². The number of para-hydroxylation sites is 2. The van der Waals surface area contributed by atoms with E-state index in [9.17, 15) is 0 Å². The SMILES string of the molecule is c1ccc(-c2ccc3c(c2)-c2ccccc2Sc2ccccc2-c2cc(-c4ccc5c(c4)c4ccccc4n5-c4ccccc4)ccc2S3)cc1. The molecule has 2 heterocycles. The summed E-state index contributed by atoms with van der Waals surface area (Å²) >= 11 is 3.73. The van der Waals surface area contributed by atoms with Crippen LogP contribution in [0.5, 0.6) is 0 Å². The Morgan fingerprint density at radius 3 is 1.43 bits per heavy atom. The van der Waals surface area contributed by atoms with Gasteiger partial charge in [-0.05, 0) is 111 Å². The minimum atomic E-state index is 1.17. The number of hydrogen-bond acceptors (Lipinski definition) is 2. The van der Waals surface area contributed by atoms with Crippen LogP contribution in [0.4, 0.5) is 0 Å². The predicted octanol–water partition coefficient (Wildman–Crippen LogP) is 14.1. The van der Waals surface area contributed by atoms with Crippen molar-refractivity contribution in [2.45, 2.75) is 19.6 Å². The molecule has 240 valence electrons. The summed E-state index contributed by atoms with van der Waals surface area (Å²) in [4.78, 5) is 5.03. The van der Waals surface area contributed by atoms with Gasteiger partial charge >= 0.3 is 0 Å². The number of benzene rings is 8.